The summed E-state index contributed by atoms with van der Waals surface area (Å²) < 4.78 is 7.32. The lowest BCUT2D eigenvalue weighted by Gasteiger charge is -2.24. The van der Waals surface area contributed by atoms with Gasteiger partial charge >= 0.3 is 0 Å². The number of hydrogen-bond donors (Lipinski definition) is 2. The number of nitrogens with one attached hydrogen (secondary N) is 2. The molecule has 2 amide bonds. The smallest absolute Gasteiger partial charge is 0.276 e. The molecule has 0 spiro atoms. The normalized spacial score (nSPS) is 21.7. The molecule has 0 unspecified atom stereocenters. The summed E-state index contributed by atoms with van der Waals surface area (Å²) in [5, 5.41) is 12.0. The number of fused-ring (bicyclic) bond motifs is 1. The molecule has 2 atom stereocenters. The van der Waals surface area contributed by atoms with Gasteiger partial charge < -0.3 is 19.9 Å². The number of aromatic nitrogens is 5. The molecule has 2 N–H and O–H groups in total. The van der Waals surface area contributed by atoms with E-state index in [1.165, 1.54) is 12.6 Å². The van der Waals surface area contributed by atoms with Gasteiger partial charge in [0.05, 0.1) is 29.9 Å². The van der Waals surface area contributed by atoms with Crippen LogP contribution in [0.15, 0.2) is 30.7 Å². The first-order chi connectivity index (χ1) is 14.6. The number of aromatic amines is 1. The zero-order valence-electron chi connectivity index (χ0n) is 16.6. The molecule has 2 aliphatic rings. The summed E-state index contributed by atoms with van der Waals surface area (Å²) in [6.07, 6.45) is 8.06. The van der Waals surface area contributed by atoms with Gasteiger partial charge in [-0.3, -0.25) is 9.59 Å². The van der Waals surface area contributed by atoms with Crippen molar-refractivity contribution in [1.29, 1.82) is 0 Å². The summed E-state index contributed by atoms with van der Waals surface area (Å²) >= 11 is 0. The second-order valence-corrected chi connectivity index (χ2v) is 7.87. The van der Waals surface area contributed by atoms with Crippen LogP contribution in [0.4, 0.5) is 0 Å². The van der Waals surface area contributed by atoms with Crippen LogP contribution in [0, 0.1) is 0 Å². The van der Waals surface area contributed by atoms with Gasteiger partial charge in [-0.05, 0) is 31.4 Å². The number of carbonyl (C=O) groups is 2. The number of rotatable bonds is 5. The van der Waals surface area contributed by atoms with Crippen molar-refractivity contribution in [3.05, 3.63) is 42.0 Å². The standard InChI is InChI=1S/C20H23N7O3/c1-30-17-11-26(20(29)16-10-27(25-24-16)14-3-2-4-14)9-15(17)23-19(28)13-7-12-5-6-21-18(12)22-8-13/h5-8,10,14-15,17H,2-4,9,11H2,1H3,(H,21,22)(H,23,28)/t15-,17-/m1/s1. The molecular weight excluding hydrogens is 386 g/mol. The highest BCUT2D eigenvalue weighted by Gasteiger charge is 2.38. The van der Waals surface area contributed by atoms with Gasteiger partial charge in [0.25, 0.3) is 11.8 Å². The van der Waals surface area contributed by atoms with Crippen molar-refractivity contribution < 1.29 is 14.3 Å². The van der Waals surface area contributed by atoms with Gasteiger partial charge in [-0.1, -0.05) is 5.21 Å². The van der Waals surface area contributed by atoms with Gasteiger partial charge in [0.15, 0.2) is 5.69 Å². The Morgan fingerprint density at radius 3 is 2.93 bits per heavy atom. The first kappa shape index (κ1) is 18.7. The van der Waals surface area contributed by atoms with Gasteiger partial charge in [-0.25, -0.2) is 9.67 Å². The minimum Gasteiger partial charge on any atom is -0.377 e. The molecule has 0 aromatic carbocycles. The summed E-state index contributed by atoms with van der Waals surface area (Å²) in [6.45, 7) is 0.727. The highest BCUT2D eigenvalue weighted by Crippen LogP contribution is 2.30. The summed E-state index contributed by atoms with van der Waals surface area (Å²) in [5.41, 5.74) is 1.52. The molecule has 1 saturated carbocycles. The topological polar surface area (TPSA) is 118 Å². The number of ether oxygens (including phenoxy) is 1. The zero-order chi connectivity index (χ0) is 20.7. The maximum Gasteiger partial charge on any atom is 0.276 e. The highest BCUT2D eigenvalue weighted by molar-refractivity contribution is 5.97. The molecule has 5 rings (SSSR count). The average Bonchev–Trinajstić information content (AvgIpc) is 3.45. The molecule has 0 radical (unpaired) electrons. The van der Waals surface area contributed by atoms with Crippen molar-refractivity contribution in [2.45, 2.75) is 37.5 Å². The Hall–Kier alpha value is -3.27. The summed E-state index contributed by atoms with van der Waals surface area (Å²) in [5.74, 6) is -0.447. The van der Waals surface area contributed by atoms with Crippen LogP contribution >= 0.6 is 0 Å². The van der Waals surface area contributed by atoms with E-state index in [0.717, 1.165) is 23.9 Å². The number of H-pyrrole nitrogens is 1. The molecule has 4 heterocycles. The Balaban J connectivity index is 1.27. The van der Waals surface area contributed by atoms with Gasteiger partial charge in [0.2, 0.25) is 0 Å². The Bertz CT molecular complexity index is 1090. The second-order valence-electron chi connectivity index (χ2n) is 7.87. The van der Waals surface area contributed by atoms with Gasteiger partial charge in [0, 0.05) is 38.0 Å². The summed E-state index contributed by atoms with van der Waals surface area (Å²) in [4.78, 5) is 34.6. The fourth-order valence-corrected chi connectivity index (χ4v) is 4.00. The Labute approximate surface area is 172 Å². The lowest BCUT2D eigenvalue weighted by molar-refractivity contribution is 0.0688. The number of pyridine rings is 1. The van der Waals surface area contributed by atoms with Crippen LogP contribution in [0.1, 0.15) is 46.2 Å². The Kier molecular flexibility index (Phi) is 4.70. The third kappa shape index (κ3) is 3.32. The monoisotopic (exact) mass is 409 g/mol. The maximum absolute atomic E-state index is 12.9. The molecule has 3 aromatic heterocycles. The summed E-state index contributed by atoms with van der Waals surface area (Å²) in [7, 11) is 1.58. The van der Waals surface area contributed by atoms with Crippen molar-refractivity contribution in [3.63, 3.8) is 0 Å². The van der Waals surface area contributed by atoms with Crippen LogP contribution in [0.25, 0.3) is 11.0 Å². The van der Waals surface area contributed by atoms with E-state index in [2.05, 4.69) is 25.6 Å². The molecule has 1 aliphatic carbocycles. The van der Waals surface area contributed by atoms with Crippen LogP contribution in [-0.4, -0.2) is 74.0 Å². The van der Waals surface area contributed by atoms with Crippen molar-refractivity contribution >= 4 is 22.8 Å². The largest absolute Gasteiger partial charge is 0.377 e. The van der Waals surface area contributed by atoms with E-state index in [0.29, 0.717) is 30.4 Å². The number of nitrogens with zero attached hydrogens (tertiary/aromatic N) is 5. The van der Waals surface area contributed by atoms with Gasteiger partial charge in [-0.2, -0.15) is 0 Å². The molecule has 1 aliphatic heterocycles. The van der Waals surface area contributed by atoms with E-state index in [9.17, 15) is 9.59 Å². The highest BCUT2D eigenvalue weighted by atomic mass is 16.5. The summed E-state index contributed by atoms with van der Waals surface area (Å²) in [6, 6.07) is 3.67. The van der Waals surface area contributed by atoms with Gasteiger partial charge in [0.1, 0.15) is 5.65 Å². The van der Waals surface area contributed by atoms with E-state index >= 15 is 0 Å². The lowest BCUT2D eigenvalue weighted by Crippen LogP contribution is -2.43. The predicted octanol–water partition coefficient (Wildman–Crippen LogP) is 1.15. The Morgan fingerprint density at radius 1 is 1.30 bits per heavy atom. The first-order valence-corrected chi connectivity index (χ1v) is 10.1. The van der Waals surface area contributed by atoms with Gasteiger partial charge in [-0.15, -0.1) is 5.10 Å². The van der Waals surface area contributed by atoms with Crippen LogP contribution in [0.5, 0.6) is 0 Å². The zero-order valence-corrected chi connectivity index (χ0v) is 16.6. The molecular formula is C20H23N7O3. The van der Waals surface area contributed by atoms with Crippen LogP contribution in [0.3, 0.4) is 0 Å². The molecule has 1 saturated heterocycles. The molecule has 3 aromatic rings. The third-order valence-electron chi connectivity index (χ3n) is 6.01. The second kappa shape index (κ2) is 7.52. The predicted molar refractivity (Wildman–Crippen MR) is 107 cm³/mol. The first-order valence-electron chi connectivity index (χ1n) is 10.1. The minimum absolute atomic E-state index is 0.199. The van der Waals surface area contributed by atoms with Crippen LogP contribution in [-0.2, 0) is 4.74 Å². The molecule has 10 heteroatoms. The van der Waals surface area contributed by atoms with Crippen LogP contribution in [0.2, 0.25) is 0 Å². The molecule has 156 valence electrons. The van der Waals surface area contributed by atoms with Crippen LogP contribution < -0.4 is 5.32 Å². The molecule has 2 fully saturated rings. The molecule has 10 nitrogen and oxygen atoms in total. The third-order valence-corrected chi connectivity index (χ3v) is 6.01. The van der Waals surface area contributed by atoms with E-state index in [4.69, 9.17) is 4.74 Å². The number of methoxy groups -OCH3 is 1. The van der Waals surface area contributed by atoms with E-state index in [-0.39, 0.29) is 24.0 Å². The van der Waals surface area contributed by atoms with E-state index in [1.807, 2.05) is 6.07 Å². The number of hydrogen-bond acceptors (Lipinski definition) is 6. The van der Waals surface area contributed by atoms with Crippen molar-refractivity contribution in [1.82, 2.24) is 35.2 Å². The quantitative estimate of drug-likeness (QED) is 0.653. The minimum atomic E-state index is -0.324. The average molecular weight is 409 g/mol. The SMILES string of the molecule is CO[C@@H]1CN(C(=O)c2cn(C3CCC3)nn2)C[C@H]1NC(=O)c1cnc2[nH]ccc2c1. The van der Waals surface area contributed by atoms with E-state index < -0.39 is 0 Å². The Morgan fingerprint density at radius 2 is 2.17 bits per heavy atom. The number of carbonyl (C=O) groups excluding carboxylic acids is 2. The fraction of sp³-hybridized carbons (Fsp3) is 0.450. The van der Waals surface area contributed by atoms with Crippen molar-refractivity contribution in [2.24, 2.45) is 0 Å². The number of amides is 2. The lowest BCUT2D eigenvalue weighted by atomic mass is 9.93. The van der Waals surface area contributed by atoms with E-state index in [1.54, 1.807) is 35.2 Å². The fourth-order valence-electron chi connectivity index (χ4n) is 4.00. The maximum atomic E-state index is 12.9. The molecule has 30 heavy (non-hydrogen) atoms. The van der Waals surface area contributed by atoms with Crippen molar-refractivity contribution in [3.8, 4) is 0 Å². The molecule has 0 bridgehead atoms. The van der Waals surface area contributed by atoms with Crippen molar-refractivity contribution in [2.75, 3.05) is 20.2 Å². The number of likely N-dealkylation sites (tertiary alicyclic amines) is 1.